The molecule has 0 saturated heterocycles. The van der Waals surface area contributed by atoms with Crippen LogP contribution in [-0.2, 0) is 9.53 Å². The van der Waals surface area contributed by atoms with Crippen LogP contribution < -0.4 is 5.32 Å². The van der Waals surface area contributed by atoms with E-state index >= 15 is 0 Å². The van der Waals surface area contributed by atoms with Gasteiger partial charge in [0.05, 0.1) is 18.2 Å². The Morgan fingerprint density at radius 1 is 1.24 bits per heavy atom. The summed E-state index contributed by atoms with van der Waals surface area (Å²) in [6.45, 7) is 3.70. The second-order valence-corrected chi connectivity index (χ2v) is 5.14. The summed E-state index contributed by atoms with van der Waals surface area (Å²) >= 11 is 0. The van der Waals surface area contributed by atoms with Crippen molar-refractivity contribution in [3.05, 3.63) is 42.1 Å². The van der Waals surface area contributed by atoms with E-state index in [0.29, 0.717) is 5.56 Å². The van der Waals surface area contributed by atoms with Crippen molar-refractivity contribution < 1.29 is 14.3 Å². The fourth-order valence-electron chi connectivity index (χ4n) is 2.04. The average molecular weight is 286 g/mol. The highest BCUT2D eigenvalue weighted by molar-refractivity contribution is 5.99. The van der Waals surface area contributed by atoms with E-state index in [4.69, 9.17) is 4.74 Å². The van der Waals surface area contributed by atoms with Crippen LogP contribution in [-0.4, -0.2) is 30.0 Å². The number of hydrogen-bond donors (Lipinski definition) is 1. The zero-order valence-corrected chi connectivity index (χ0v) is 12.3. The van der Waals surface area contributed by atoms with Crippen molar-refractivity contribution in [1.82, 2.24) is 10.3 Å². The van der Waals surface area contributed by atoms with Crippen molar-refractivity contribution in [2.75, 3.05) is 7.11 Å². The SMILES string of the molecule is COC(=O)[C@@H](NC(=O)c1cnc2ccccc2c1)C(C)C. The highest BCUT2D eigenvalue weighted by atomic mass is 16.5. The van der Waals surface area contributed by atoms with Crippen LogP contribution in [0.25, 0.3) is 10.9 Å². The molecule has 1 N–H and O–H groups in total. The van der Waals surface area contributed by atoms with E-state index in [9.17, 15) is 9.59 Å². The molecule has 1 amide bonds. The second-order valence-electron chi connectivity index (χ2n) is 5.14. The van der Waals surface area contributed by atoms with Crippen LogP contribution in [0.4, 0.5) is 0 Å². The molecule has 1 aromatic carbocycles. The summed E-state index contributed by atoms with van der Waals surface area (Å²) < 4.78 is 4.71. The van der Waals surface area contributed by atoms with E-state index in [2.05, 4.69) is 10.3 Å². The molecule has 2 aromatic rings. The van der Waals surface area contributed by atoms with Crippen molar-refractivity contribution in [3.63, 3.8) is 0 Å². The number of benzene rings is 1. The van der Waals surface area contributed by atoms with E-state index < -0.39 is 12.0 Å². The summed E-state index contributed by atoms with van der Waals surface area (Å²) in [5.41, 5.74) is 1.24. The lowest BCUT2D eigenvalue weighted by molar-refractivity contribution is -0.144. The first-order chi connectivity index (χ1) is 10.0. The monoisotopic (exact) mass is 286 g/mol. The number of hydrogen-bond acceptors (Lipinski definition) is 4. The van der Waals surface area contributed by atoms with E-state index in [1.807, 2.05) is 38.1 Å². The van der Waals surface area contributed by atoms with Crippen molar-refractivity contribution >= 4 is 22.8 Å². The summed E-state index contributed by atoms with van der Waals surface area (Å²) in [7, 11) is 1.31. The van der Waals surface area contributed by atoms with Crippen molar-refractivity contribution in [2.45, 2.75) is 19.9 Å². The number of carbonyl (C=O) groups excluding carboxylic acids is 2. The van der Waals surface area contributed by atoms with Crippen LogP contribution in [0.1, 0.15) is 24.2 Å². The van der Waals surface area contributed by atoms with Gasteiger partial charge in [-0.15, -0.1) is 0 Å². The first-order valence-corrected chi connectivity index (χ1v) is 6.76. The molecule has 1 heterocycles. The first-order valence-electron chi connectivity index (χ1n) is 6.76. The molecule has 0 aliphatic rings. The third-order valence-corrected chi connectivity index (χ3v) is 3.26. The topological polar surface area (TPSA) is 68.3 Å². The zero-order valence-electron chi connectivity index (χ0n) is 12.3. The smallest absolute Gasteiger partial charge is 0.328 e. The number of carbonyl (C=O) groups is 2. The highest BCUT2D eigenvalue weighted by Gasteiger charge is 2.25. The van der Waals surface area contributed by atoms with Gasteiger partial charge in [-0.1, -0.05) is 32.0 Å². The molecule has 1 aromatic heterocycles. The van der Waals surface area contributed by atoms with Gasteiger partial charge in [0.15, 0.2) is 0 Å². The Morgan fingerprint density at radius 2 is 1.95 bits per heavy atom. The number of pyridine rings is 1. The third kappa shape index (κ3) is 3.37. The Labute approximate surface area is 123 Å². The summed E-state index contributed by atoms with van der Waals surface area (Å²) in [6.07, 6.45) is 1.51. The molecular weight excluding hydrogens is 268 g/mol. The quantitative estimate of drug-likeness (QED) is 0.875. The van der Waals surface area contributed by atoms with E-state index in [1.165, 1.54) is 13.3 Å². The number of fused-ring (bicyclic) bond motifs is 1. The number of aromatic nitrogens is 1. The van der Waals surface area contributed by atoms with Crippen molar-refractivity contribution in [2.24, 2.45) is 5.92 Å². The van der Waals surface area contributed by atoms with Gasteiger partial charge in [-0.25, -0.2) is 4.79 Å². The fraction of sp³-hybridized carbons (Fsp3) is 0.312. The molecular formula is C16H18N2O3. The van der Waals surface area contributed by atoms with Gasteiger partial charge in [0.25, 0.3) is 5.91 Å². The van der Waals surface area contributed by atoms with Crippen LogP contribution in [0.3, 0.4) is 0 Å². The number of nitrogens with one attached hydrogen (secondary N) is 1. The number of methoxy groups -OCH3 is 1. The van der Waals surface area contributed by atoms with Crippen LogP contribution in [0.15, 0.2) is 36.5 Å². The van der Waals surface area contributed by atoms with Crippen molar-refractivity contribution in [3.8, 4) is 0 Å². The van der Waals surface area contributed by atoms with E-state index in [-0.39, 0.29) is 11.8 Å². The number of para-hydroxylation sites is 1. The van der Waals surface area contributed by atoms with Gasteiger partial charge >= 0.3 is 5.97 Å². The normalized spacial score (nSPS) is 12.2. The molecule has 21 heavy (non-hydrogen) atoms. The molecule has 2 rings (SSSR count). The fourth-order valence-corrected chi connectivity index (χ4v) is 2.04. The van der Waals surface area contributed by atoms with Gasteiger partial charge in [-0.2, -0.15) is 0 Å². The second kappa shape index (κ2) is 6.35. The minimum absolute atomic E-state index is 0.0604. The number of amides is 1. The zero-order chi connectivity index (χ0) is 15.4. The van der Waals surface area contributed by atoms with Gasteiger partial charge < -0.3 is 10.1 Å². The summed E-state index contributed by atoms with van der Waals surface area (Å²) in [5.74, 6) is -0.848. The van der Waals surface area contributed by atoms with Gasteiger partial charge in [-0.3, -0.25) is 9.78 Å². The minimum atomic E-state index is -0.672. The van der Waals surface area contributed by atoms with Gasteiger partial charge in [0.1, 0.15) is 6.04 Å². The van der Waals surface area contributed by atoms with Crippen LogP contribution in [0, 0.1) is 5.92 Å². The van der Waals surface area contributed by atoms with Gasteiger partial charge in [0.2, 0.25) is 0 Å². The molecule has 0 radical (unpaired) electrons. The largest absolute Gasteiger partial charge is 0.467 e. The maximum absolute atomic E-state index is 12.3. The maximum atomic E-state index is 12.3. The number of nitrogens with zero attached hydrogens (tertiary/aromatic N) is 1. The lowest BCUT2D eigenvalue weighted by atomic mass is 10.0. The molecule has 0 saturated carbocycles. The molecule has 5 nitrogen and oxygen atoms in total. The highest BCUT2D eigenvalue weighted by Crippen LogP contribution is 2.13. The lowest BCUT2D eigenvalue weighted by Gasteiger charge is -2.19. The number of esters is 1. The Balaban J connectivity index is 2.23. The molecule has 0 fully saturated rings. The third-order valence-electron chi connectivity index (χ3n) is 3.26. The minimum Gasteiger partial charge on any atom is -0.467 e. The Bertz CT molecular complexity index is 667. The van der Waals surface area contributed by atoms with E-state index in [0.717, 1.165) is 10.9 Å². The average Bonchev–Trinajstić information content (AvgIpc) is 2.50. The molecule has 0 spiro atoms. The molecule has 5 heteroatoms. The van der Waals surface area contributed by atoms with Crippen LogP contribution >= 0.6 is 0 Å². The van der Waals surface area contributed by atoms with Crippen molar-refractivity contribution in [1.29, 1.82) is 0 Å². The predicted octanol–water partition coefficient (Wildman–Crippen LogP) is 2.16. The molecule has 0 aliphatic heterocycles. The maximum Gasteiger partial charge on any atom is 0.328 e. The van der Waals surface area contributed by atoms with Crippen LogP contribution in [0.2, 0.25) is 0 Å². The number of rotatable bonds is 4. The van der Waals surface area contributed by atoms with E-state index in [1.54, 1.807) is 6.07 Å². The first kappa shape index (κ1) is 15.0. The summed E-state index contributed by atoms with van der Waals surface area (Å²) in [6, 6.07) is 8.63. The lowest BCUT2D eigenvalue weighted by Crippen LogP contribution is -2.45. The molecule has 1 atom stereocenters. The standard InChI is InChI=1S/C16H18N2O3/c1-10(2)14(16(20)21-3)18-15(19)12-8-11-6-4-5-7-13(11)17-9-12/h4-10,14H,1-3H3,(H,18,19)/t14-/m0/s1. The Kier molecular flexibility index (Phi) is 4.52. The predicted molar refractivity (Wildman–Crippen MR) is 79.9 cm³/mol. The Morgan fingerprint density at radius 3 is 2.62 bits per heavy atom. The summed E-state index contributed by atoms with van der Waals surface area (Å²) in [5, 5.41) is 3.57. The van der Waals surface area contributed by atoms with Gasteiger partial charge in [-0.05, 0) is 18.1 Å². The van der Waals surface area contributed by atoms with Gasteiger partial charge in [0, 0.05) is 11.6 Å². The molecule has 0 aliphatic carbocycles. The van der Waals surface area contributed by atoms with Crippen LogP contribution in [0.5, 0.6) is 0 Å². The molecule has 0 unspecified atom stereocenters. The number of ether oxygens (including phenoxy) is 1. The molecule has 0 bridgehead atoms. The summed E-state index contributed by atoms with van der Waals surface area (Å²) in [4.78, 5) is 28.2. The molecule has 110 valence electrons. The Hall–Kier alpha value is -2.43.